The summed E-state index contributed by atoms with van der Waals surface area (Å²) in [6, 6.07) is 5.68. The molecule has 15 heavy (non-hydrogen) atoms. The Kier molecular flexibility index (Phi) is 3.44. The molecule has 0 aliphatic heterocycles. The van der Waals surface area contributed by atoms with Crippen LogP contribution in [0.3, 0.4) is 0 Å². The standard InChI is InChI=1S/C10H12F2O2S/c1-7(2)8-4-3-5-9(6-8)15(13,14)10(11)12/h3-7,10H,1-2H3. The first kappa shape index (κ1) is 12.1. The van der Waals surface area contributed by atoms with Crippen molar-refractivity contribution in [3.8, 4) is 0 Å². The summed E-state index contributed by atoms with van der Waals surface area (Å²) in [7, 11) is -4.47. The van der Waals surface area contributed by atoms with Crippen molar-refractivity contribution < 1.29 is 17.2 Å². The molecule has 0 aliphatic carbocycles. The topological polar surface area (TPSA) is 34.1 Å². The van der Waals surface area contributed by atoms with Crippen LogP contribution < -0.4 is 0 Å². The highest BCUT2D eigenvalue weighted by Crippen LogP contribution is 2.22. The Morgan fingerprint density at radius 1 is 1.20 bits per heavy atom. The average molecular weight is 234 g/mol. The SMILES string of the molecule is CC(C)c1cccc(S(=O)(=O)C(F)F)c1. The van der Waals surface area contributed by atoms with Gasteiger partial charge in [-0.05, 0) is 23.6 Å². The minimum Gasteiger partial charge on any atom is -0.218 e. The third-order valence-corrected chi connectivity index (χ3v) is 3.47. The van der Waals surface area contributed by atoms with Gasteiger partial charge in [0, 0.05) is 0 Å². The zero-order valence-electron chi connectivity index (χ0n) is 8.44. The number of sulfone groups is 1. The van der Waals surface area contributed by atoms with Crippen LogP contribution in [0.1, 0.15) is 25.3 Å². The quantitative estimate of drug-likeness (QED) is 0.805. The normalized spacial score (nSPS) is 12.4. The van der Waals surface area contributed by atoms with Crippen LogP contribution in [0.25, 0.3) is 0 Å². The summed E-state index contributed by atoms with van der Waals surface area (Å²) in [5.74, 6) is -3.25. The van der Waals surface area contributed by atoms with Crippen LogP contribution in [-0.4, -0.2) is 14.2 Å². The van der Waals surface area contributed by atoms with Crippen molar-refractivity contribution in [3.63, 3.8) is 0 Å². The number of alkyl halides is 2. The van der Waals surface area contributed by atoms with Crippen LogP contribution in [-0.2, 0) is 9.84 Å². The maximum atomic E-state index is 12.2. The molecule has 0 unspecified atom stereocenters. The van der Waals surface area contributed by atoms with Gasteiger partial charge in [0.1, 0.15) is 0 Å². The van der Waals surface area contributed by atoms with Crippen molar-refractivity contribution >= 4 is 9.84 Å². The highest BCUT2D eigenvalue weighted by molar-refractivity contribution is 7.91. The molecule has 1 aromatic carbocycles. The van der Waals surface area contributed by atoms with Gasteiger partial charge in [-0.15, -0.1) is 0 Å². The van der Waals surface area contributed by atoms with Crippen LogP contribution in [0.5, 0.6) is 0 Å². The molecule has 0 aliphatic rings. The number of benzene rings is 1. The summed E-state index contributed by atoms with van der Waals surface area (Å²) in [6.45, 7) is 3.74. The van der Waals surface area contributed by atoms with Crippen LogP contribution >= 0.6 is 0 Å². The first-order valence-corrected chi connectivity index (χ1v) is 6.02. The number of halogens is 2. The lowest BCUT2D eigenvalue weighted by Gasteiger charge is -2.08. The van der Waals surface area contributed by atoms with Gasteiger partial charge in [0.05, 0.1) is 4.90 Å². The van der Waals surface area contributed by atoms with Crippen molar-refractivity contribution in [2.45, 2.75) is 30.4 Å². The molecule has 5 heteroatoms. The van der Waals surface area contributed by atoms with E-state index in [2.05, 4.69) is 0 Å². The molecular formula is C10H12F2O2S. The number of hydrogen-bond donors (Lipinski definition) is 0. The summed E-state index contributed by atoms with van der Waals surface area (Å²) >= 11 is 0. The zero-order chi connectivity index (χ0) is 11.6. The van der Waals surface area contributed by atoms with E-state index in [9.17, 15) is 17.2 Å². The van der Waals surface area contributed by atoms with Crippen molar-refractivity contribution in [2.24, 2.45) is 0 Å². The number of hydrogen-bond acceptors (Lipinski definition) is 2. The Morgan fingerprint density at radius 3 is 2.27 bits per heavy atom. The lowest BCUT2D eigenvalue weighted by molar-refractivity contribution is 0.234. The predicted octanol–water partition coefficient (Wildman–Crippen LogP) is 2.81. The van der Waals surface area contributed by atoms with Gasteiger partial charge in [-0.3, -0.25) is 0 Å². The molecule has 0 saturated carbocycles. The van der Waals surface area contributed by atoms with Gasteiger partial charge in [0.25, 0.3) is 0 Å². The van der Waals surface area contributed by atoms with Crippen molar-refractivity contribution in [2.75, 3.05) is 0 Å². The molecule has 0 fully saturated rings. The van der Waals surface area contributed by atoms with Gasteiger partial charge in [0.2, 0.25) is 9.84 Å². The maximum absolute atomic E-state index is 12.2. The maximum Gasteiger partial charge on any atom is 0.341 e. The van der Waals surface area contributed by atoms with E-state index in [4.69, 9.17) is 0 Å². The van der Waals surface area contributed by atoms with E-state index in [0.717, 1.165) is 5.56 Å². The fraction of sp³-hybridized carbons (Fsp3) is 0.400. The Balaban J connectivity index is 3.23. The Labute approximate surface area is 87.8 Å². The minimum absolute atomic E-state index is 0.109. The monoisotopic (exact) mass is 234 g/mol. The van der Waals surface area contributed by atoms with E-state index in [1.165, 1.54) is 18.2 Å². The van der Waals surface area contributed by atoms with Crippen molar-refractivity contribution in [3.05, 3.63) is 29.8 Å². The Hall–Kier alpha value is -0.970. The fourth-order valence-corrected chi connectivity index (χ4v) is 1.93. The molecule has 0 aromatic heterocycles. The Morgan fingerprint density at radius 2 is 1.80 bits per heavy atom. The lowest BCUT2D eigenvalue weighted by Crippen LogP contribution is -2.11. The van der Waals surface area contributed by atoms with Gasteiger partial charge in [-0.1, -0.05) is 26.0 Å². The third-order valence-electron chi connectivity index (χ3n) is 2.09. The molecule has 0 saturated heterocycles. The number of rotatable bonds is 3. The van der Waals surface area contributed by atoms with Crippen LogP contribution in [0, 0.1) is 0 Å². The second-order valence-corrected chi connectivity index (χ2v) is 5.45. The predicted molar refractivity (Wildman–Crippen MR) is 53.7 cm³/mol. The van der Waals surface area contributed by atoms with Gasteiger partial charge >= 0.3 is 5.76 Å². The van der Waals surface area contributed by atoms with Gasteiger partial charge in [-0.2, -0.15) is 8.78 Å². The summed E-state index contributed by atoms with van der Waals surface area (Å²) in [6.07, 6.45) is 0. The smallest absolute Gasteiger partial charge is 0.218 e. The van der Waals surface area contributed by atoms with E-state index in [1.807, 2.05) is 13.8 Å². The van der Waals surface area contributed by atoms with E-state index in [0.29, 0.717) is 0 Å². The highest BCUT2D eigenvalue weighted by Gasteiger charge is 2.26. The molecule has 0 heterocycles. The summed E-state index contributed by atoms with van der Waals surface area (Å²) in [4.78, 5) is -0.316. The molecule has 1 aromatic rings. The van der Waals surface area contributed by atoms with E-state index in [-0.39, 0.29) is 10.8 Å². The van der Waals surface area contributed by atoms with E-state index >= 15 is 0 Å². The van der Waals surface area contributed by atoms with E-state index in [1.54, 1.807) is 6.07 Å². The molecule has 0 amide bonds. The largest absolute Gasteiger partial charge is 0.341 e. The third kappa shape index (κ3) is 2.53. The summed E-state index contributed by atoms with van der Waals surface area (Å²) in [5.41, 5.74) is 0.733. The molecule has 2 nitrogen and oxygen atoms in total. The average Bonchev–Trinajstić information content (AvgIpc) is 2.17. The summed E-state index contributed by atoms with van der Waals surface area (Å²) in [5, 5.41) is 0. The molecule has 84 valence electrons. The van der Waals surface area contributed by atoms with Crippen LogP contribution in [0.2, 0.25) is 0 Å². The van der Waals surface area contributed by atoms with Gasteiger partial charge in [0.15, 0.2) is 0 Å². The van der Waals surface area contributed by atoms with Crippen LogP contribution in [0.4, 0.5) is 8.78 Å². The minimum atomic E-state index is -4.47. The molecule has 0 atom stereocenters. The molecule has 0 N–H and O–H groups in total. The second-order valence-electron chi connectivity index (χ2n) is 3.53. The van der Waals surface area contributed by atoms with E-state index < -0.39 is 15.6 Å². The lowest BCUT2D eigenvalue weighted by atomic mass is 10.0. The first-order valence-electron chi connectivity index (χ1n) is 4.47. The first-order chi connectivity index (χ1) is 6.85. The fourth-order valence-electron chi connectivity index (χ4n) is 1.15. The van der Waals surface area contributed by atoms with Crippen LogP contribution in [0.15, 0.2) is 29.2 Å². The van der Waals surface area contributed by atoms with Gasteiger partial charge < -0.3 is 0 Å². The Bertz CT molecular complexity index is 438. The molecular weight excluding hydrogens is 222 g/mol. The van der Waals surface area contributed by atoms with Gasteiger partial charge in [-0.25, -0.2) is 8.42 Å². The van der Waals surface area contributed by atoms with Crippen molar-refractivity contribution in [1.29, 1.82) is 0 Å². The molecule has 0 spiro atoms. The molecule has 0 bridgehead atoms. The second kappa shape index (κ2) is 4.26. The van der Waals surface area contributed by atoms with Crippen molar-refractivity contribution in [1.82, 2.24) is 0 Å². The molecule has 1 rings (SSSR count). The molecule has 0 radical (unpaired) electrons. The highest BCUT2D eigenvalue weighted by atomic mass is 32.2. The summed E-state index contributed by atoms with van der Waals surface area (Å²) < 4.78 is 46.8. The zero-order valence-corrected chi connectivity index (χ0v) is 9.26.